The van der Waals surface area contributed by atoms with E-state index < -0.39 is 0 Å². The molecule has 8 heteroatoms. The van der Waals surface area contributed by atoms with Gasteiger partial charge < -0.3 is 21.6 Å². The first-order chi connectivity index (χ1) is 29.0. The van der Waals surface area contributed by atoms with E-state index in [0.717, 1.165) is 45.6 Å². The van der Waals surface area contributed by atoms with Gasteiger partial charge in [0.1, 0.15) is 0 Å². The Morgan fingerprint density at radius 2 is 0.530 bits per heavy atom. The van der Waals surface area contributed by atoms with E-state index in [4.69, 9.17) is 20.6 Å². The second-order valence-electron chi connectivity index (χ2n) is 19.7. The molecule has 0 aliphatic heterocycles. The molecule has 0 saturated heterocycles. The summed E-state index contributed by atoms with van der Waals surface area (Å²) in [5, 5.41) is 10.2. The van der Waals surface area contributed by atoms with Crippen molar-refractivity contribution < 1.29 is 45.7 Å². The van der Waals surface area contributed by atoms with Crippen LogP contribution >= 0.6 is 0 Å². The Morgan fingerprint density at radius 1 is 0.348 bits per heavy atom. The van der Waals surface area contributed by atoms with Gasteiger partial charge in [-0.3, -0.25) is 9.98 Å². The maximum atomic E-state index is 5.08. The average molecular weight is 971 g/mol. The van der Waals surface area contributed by atoms with Crippen molar-refractivity contribution in [3.05, 3.63) is 151 Å². The van der Waals surface area contributed by atoms with Crippen LogP contribution in [0.4, 0.5) is 22.7 Å². The molecule has 0 aliphatic rings. The maximum absolute atomic E-state index is 5.08. The van der Waals surface area contributed by atoms with Crippen LogP contribution in [0.2, 0.25) is 0 Å². The van der Waals surface area contributed by atoms with Crippen LogP contribution in [0.15, 0.2) is 106 Å². The van der Waals surface area contributed by atoms with E-state index in [1.165, 1.54) is 44.5 Å². The second kappa shape index (κ2) is 29.9. The van der Waals surface area contributed by atoms with E-state index >= 15 is 0 Å². The van der Waals surface area contributed by atoms with Crippen LogP contribution < -0.4 is 0 Å². The SMILES string of the molecule is CC(/C=C(/C)[N-]c1c(C(C)C)cccc1C(C)C)=Nc1c(C(C)C)cccc1C(C)C.CC(/C=C(/C)[N-]c1c(C(C)C)cccc1C(C)C)=Nc1c(C(C)C)cccc1C(C)C.[Cr+3].[Cr+3].[O-2].[O-2]. The van der Waals surface area contributed by atoms with Crippen molar-refractivity contribution in [1.29, 1.82) is 0 Å². The first kappa shape index (κ1) is 64.4. The summed E-state index contributed by atoms with van der Waals surface area (Å²) in [6, 6.07) is 26.3. The molecule has 0 aromatic heterocycles. The third kappa shape index (κ3) is 18.1. The summed E-state index contributed by atoms with van der Waals surface area (Å²) in [6.07, 6.45) is 4.23. The molecule has 2 radical (unpaired) electrons. The van der Waals surface area contributed by atoms with Gasteiger partial charge in [-0.15, -0.1) is 11.4 Å². The molecule has 0 heterocycles. The van der Waals surface area contributed by atoms with Crippen molar-refractivity contribution in [2.75, 3.05) is 0 Å². The Labute approximate surface area is 424 Å². The van der Waals surface area contributed by atoms with Crippen molar-refractivity contribution in [3.63, 3.8) is 0 Å². The molecule has 0 spiro atoms. The first-order valence-electron chi connectivity index (χ1n) is 23.5. The third-order valence-electron chi connectivity index (χ3n) is 11.4. The number of nitrogens with zero attached hydrogens (tertiary/aromatic N) is 4. The molecule has 0 amide bonds. The zero-order chi connectivity index (χ0) is 46.6. The summed E-state index contributed by atoms with van der Waals surface area (Å²) >= 11 is 0. The molecule has 4 rings (SSSR count). The molecule has 66 heavy (non-hydrogen) atoms. The molecular weight excluding hydrogens is 889 g/mol. The number of allylic oxidation sites excluding steroid dienone is 4. The van der Waals surface area contributed by atoms with Crippen LogP contribution in [0.5, 0.6) is 0 Å². The predicted octanol–water partition coefficient (Wildman–Crippen LogP) is 19.5. The van der Waals surface area contributed by atoms with E-state index in [2.05, 4.69) is 223 Å². The smallest absolute Gasteiger partial charge is 2.00 e. The first-order valence-corrected chi connectivity index (χ1v) is 23.5. The van der Waals surface area contributed by atoms with Gasteiger partial charge in [-0.25, -0.2) is 0 Å². The molecule has 0 atom stereocenters. The molecule has 0 unspecified atom stereocenters. The Kier molecular flexibility index (Phi) is 29.2. The van der Waals surface area contributed by atoms with Gasteiger partial charge in [0.05, 0.1) is 11.4 Å². The van der Waals surface area contributed by atoms with Gasteiger partial charge in [-0.1, -0.05) is 232 Å². The minimum Gasteiger partial charge on any atom is -2.00 e. The van der Waals surface area contributed by atoms with E-state index in [0.29, 0.717) is 47.3 Å². The number of hydrogen-bond acceptors (Lipinski definition) is 2. The normalized spacial score (nSPS) is 12.3. The number of rotatable bonds is 16. The van der Waals surface area contributed by atoms with Crippen LogP contribution in [-0.2, 0) is 45.7 Å². The van der Waals surface area contributed by atoms with Crippen molar-refractivity contribution >= 4 is 34.2 Å². The van der Waals surface area contributed by atoms with Gasteiger partial charge in [0.25, 0.3) is 0 Å². The largest absolute Gasteiger partial charge is 3.00 e. The molecule has 0 fully saturated rings. The molecule has 0 bridgehead atoms. The summed E-state index contributed by atoms with van der Waals surface area (Å²) in [5.41, 5.74) is 18.9. The van der Waals surface area contributed by atoms with E-state index in [-0.39, 0.29) is 45.7 Å². The van der Waals surface area contributed by atoms with E-state index in [1.54, 1.807) is 0 Å². The summed E-state index contributed by atoms with van der Waals surface area (Å²) in [7, 11) is 0. The van der Waals surface area contributed by atoms with Gasteiger partial charge in [0.2, 0.25) is 0 Å². The fourth-order valence-electron chi connectivity index (χ4n) is 8.00. The zero-order valence-corrected chi connectivity index (χ0v) is 46.7. The van der Waals surface area contributed by atoms with Crippen LogP contribution in [0.25, 0.3) is 10.6 Å². The monoisotopic (exact) mass is 971 g/mol. The van der Waals surface area contributed by atoms with Crippen molar-refractivity contribution in [2.45, 2.75) is 186 Å². The second-order valence-corrected chi connectivity index (χ2v) is 19.7. The molecule has 6 nitrogen and oxygen atoms in total. The molecule has 358 valence electrons. The fraction of sp³-hybridized carbons (Fsp3) is 0.483. The molecule has 4 aromatic carbocycles. The van der Waals surface area contributed by atoms with Gasteiger partial charge in [-0.05, 0) is 83.4 Å². The summed E-state index contributed by atoms with van der Waals surface area (Å²) < 4.78 is 0. The number of para-hydroxylation sites is 4. The molecule has 0 N–H and O–H groups in total. The number of aliphatic imine (C=N–C) groups is 2. The molecule has 0 saturated carbocycles. The summed E-state index contributed by atoms with van der Waals surface area (Å²) in [5.74, 6) is 3.49. The molecular formula is C58H82Cr2N4O2. The minimum atomic E-state index is 0. The summed E-state index contributed by atoms with van der Waals surface area (Å²) in [4.78, 5) is 10.2. The van der Waals surface area contributed by atoms with Crippen LogP contribution in [-0.4, -0.2) is 11.4 Å². The number of benzene rings is 4. The van der Waals surface area contributed by atoms with Gasteiger partial charge in [-0.2, -0.15) is 11.4 Å². The van der Waals surface area contributed by atoms with Gasteiger partial charge in [0, 0.05) is 11.4 Å². The van der Waals surface area contributed by atoms with Crippen molar-refractivity contribution in [1.82, 2.24) is 0 Å². The Balaban J connectivity index is 0. The van der Waals surface area contributed by atoms with Crippen molar-refractivity contribution in [2.24, 2.45) is 9.98 Å². The molecule has 4 aromatic rings. The number of hydrogen-bond donors (Lipinski definition) is 0. The minimum absolute atomic E-state index is 0. The Hall–Kier alpha value is -3.72. The fourth-order valence-corrected chi connectivity index (χ4v) is 8.00. The third-order valence-corrected chi connectivity index (χ3v) is 11.4. The quantitative estimate of drug-likeness (QED) is 0.0997. The summed E-state index contributed by atoms with van der Waals surface area (Å²) in [6.45, 7) is 44.1. The van der Waals surface area contributed by atoms with E-state index in [1.807, 2.05) is 0 Å². The van der Waals surface area contributed by atoms with Gasteiger partial charge >= 0.3 is 34.7 Å². The predicted molar refractivity (Wildman–Crippen MR) is 279 cm³/mol. The van der Waals surface area contributed by atoms with E-state index in [9.17, 15) is 0 Å². The Bertz CT molecular complexity index is 1960. The average Bonchev–Trinajstić information content (AvgIpc) is 3.17. The van der Waals surface area contributed by atoms with Crippen molar-refractivity contribution in [3.8, 4) is 0 Å². The van der Waals surface area contributed by atoms with Crippen LogP contribution in [0, 0.1) is 0 Å². The topological polar surface area (TPSA) is 110 Å². The Morgan fingerprint density at radius 3 is 0.712 bits per heavy atom. The standard InChI is InChI=1S/2C29H41N2.2Cr.2O/c2*1-18(2)24-13-11-14-25(19(3)4)28(24)30-22(9)17-23(10)31-29-26(20(5)6)15-12-16-27(29)21(7)8;;;;/h2*11-21H,1-10H3;;;;/q2*-1;2*+3;2*-2/b2*22-17-,31-23?;;;;. The van der Waals surface area contributed by atoms with Crippen LogP contribution in [0.3, 0.4) is 0 Å². The molecule has 0 aliphatic carbocycles. The van der Waals surface area contributed by atoms with Crippen LogP contribution in [0.1, 0.15) is 230 Å². The zero-order valence-electron chi connectivity index (χ0n) is 44.1. The maximum Gasteiger partial charge on any atom is 3.00 e. The van der Waals surface area contributed by atoms with Gasteiger partial charge in [0.15, 0.2) is 0 Å².